The van der Waals surface area contributed by atoms with Gasteiger partial charge in [0, 0.05) is 19.2 Å². The minimum absolute atomic E-state index is 0.00263. The Morgan fingerprint density at radius 3 is 2.57 bits per heavy atom. The molecule has 1 unspecified atom stereocenters. The van der Waals surface area contributed by atoms with Crippen LogP contribution in [-0.4, -0.2) is 42.2 Å². The lowest BCUT2D eigenvalue weighted by Gasteiger charge is -2.24. The quantitative estimate of drug-likeness (QED) is 0.768. The summed E-state index contributed by atoms with van der Waals surface area (Å²) in [6.07, 6.45) is 0.286. The monoisotopic (exact) mass is 330 g/mol. The predicted molar refractivity (Wildman–Crippen MR) is 79.5 cm³/mol. The van der Waals surface area contributed by atoms with E-state index in [9.17, 15) is 18.4 Å². The van der Waals surface area contributed by atoms with Gasteiger partial charge in [0.15, 0.2) is 0 Å². The number of nitrogens with one attached hydrogen (secondary N) is 1. The van der Waals surface area contributed by atoms with Gasteiger partial charge in [-0.1, -0.05) is 25.1 Å². The van der Waals surface area contributed by atoms with E-state index >= 15 is 0 Å². The van der Waals surface area contributed by atoms with E-state index in [4.69, 9.17) is 5.11 Å². The number of ether oxygens (including phenoxy) is 1. The minimum Gasteiger partial charge on any atom is -0.481 e. The number of halogens is 2. The Kier molecular flexibility index (Phi) is 7.24. The predicted octanol–water partition coefficient (Wildman–Crippen LogP) is 2.86. The highest BCUT2D eigenvalue weighted by Crippen LogP contribution is 2.28. The SMILES string of the molecule is CCC(NC(=O)N(C)CCC(=O)O)c1ccccc1OC(F)F. The minimum atomic E-state index is -2.96. The van der Waals surface area contributed by atoms with Crippen molar-refractivity contribution in [1.82, 2.24) is 10.2 Å². The van der Waals surface area contributed by atoms with E-state index in [1.807, 2.05) is 0 Å². The normalized spacial score (nSPS) is 11.9. The van der Waals surface area contributed by atoms with Crippen molar-refractivity contribution in [2.45, 2.75) is 32.4 Å². The third kappa shape index (κ3) is 6.09. The first-order valence-corrected chi connectivity index (χ1v) is 7.12. The van der Waals surface area contributed by atoms with Crippen LogP contribution >= 0.6 is 0 Å². The Morgan fingerprint density at radius 2 is 2.00 bits per heavy atom. The van der Waals surface area contributed by atoms with Crippen LogP contribution in [0.15, 0.2) is 24.3 Å². The molecule has 0 bridgehead atoms. The molecule has 1 aromatic carbocycles. The number of urea groups is 1. The van der Waals surface area contributed by atoms with Crippen molar-refractivity contribution in [2.75, 3.05) is 13.6 Å². The van der Waals surface area contributed by atoms with E-state index in [0.717, 1.165) is 0 Å². The van der Waals surface area contributed by atoms with Gasteiger partial charge in [-0.3, -0.25) is 4.79 Å². The lowest BCUT2D eigenvalue weighted by atomic mass is 10.0. The van der Waals surface area contributed by atoms with Crippen LogP contribution in [0, 0.1) is 0 Å². The van der Waals surface area contributed by atoms with Crippen LogP contribution in [0.2, 0.25) is 0 Å². The zero-order valence-corrected chi connectivity index (χ0v) is 13.0. The Morgan fingerprint density at radius 1 is 1.35 bits per heavy atom. The van der Waals surface area contributed by atoms with Crippen LogP contribution in [0.1, 0.15) is 31.4 Å². The van der Waals surface area contributed by atoms with Gasteiger partial charge >= 0.3 is 18.6 Å². The topological polar surface area (TPSA) is 78.9 Å². The maximum absolute atomic E-state index is 12.5. The third-order valence-electron chi connectivity index (χ3n) is 3.22. The van der Waals surface area contributed by atoms with Crippen molar-refractivity contribution in [3.63, 3.8) is 0 Å². The van der Waals surface area contributed by atoms with Crippen molar-refractivity contribution >= 4 is 12.0 Å². The molecule has 0 fully saturated rings. The number of para-hydroxylation sites is 1. The molecule has 8 heteroatoms. The lowest BCUT2D eigenvalue weighted by Crippen LogP contribution is -2.40. The van der Waals surface area contributed by atoms with E-state index in [2.05, 4.69) is 10.1 Å². The molecular weight excluding hydrogens is 310 g/mol. The first kappa shape index (κ1) is 18.7. The smallest absolute Gasteiger partial charge is 0.387 e. The number of carbonyl (C=O) groups excluding carboxylic acids is 1. The largest absolute Gasteiger partial charge is 0.481 e. The summed E-state index contributed by atoms with van der Waals surface area (Å²) < 4.78 is 29.4. The number of amides is 2. The molecule has 0 heterocycles. The summed E-state index contributed by atoms with van der Waals surface area (Å²) in [6, 6.07) is 5.23. The van der Waals surface area contributed by atoms with Crippen LogP contribution in [0.25, 0.3) is 0 Å². The average molecular weight is 330 g/mol. The van der Waals surface area contributed by atoms with E-state index < -0.39 is 24.7 Å². The molecule has 0 aliphatic rings. The van der Waals surface area contributed by atoms with E-state index in [1.54, 1.807) is 25.1 Å². The Balaban J connectivity index is 2.80. The fraction of sp³-hybridized carbons (Fsp3) is 0.467. The molecule has 23 heavy (non-hydrogen) atoms. The maximum Gasteiger partial charge on any atom is 0.387 e. The molecule has 0 aliphatic heterocycles. The van der Waals surface area contributed by atoms with Crippen molar-refractivity contribution in [3.05, 3.63) is 29.8 Å². The summed E-state index contributed by atoms with van der Waals surface area (Å²) >= 11 is 0. The van der Waals surface area contributed by atoms with Gasteiger partial charge in [-0.05, 0) is 12.5 Å². The molecule has 1 atom stereocenters. The van der Waals surface area contributed by atoms with Crippen molar-refractivity contribution in [1.29, 1.82) is 0 Å². The highest BCUT2D eigenvalue weighted by Gasteiger charge is 2.20. The molecule has 0 aromatic heterocycles. The summed E-state index contributed by atoms with van der Waals surface area (Å²) in [5, 5.41) is 11.3. The van der Waals surface area contributed by atoms with E-state index in [-0.39, 0.29) is 18.7 Å². The first-order chi connectivity index (χ1) is 10.8. The van der Waals surface area contributed by atoms with E-state index in [1.165, 1.54) is 18.0 Å². The highest BCUT2D eigenvalue weighted by molar-refractivity contribution is 5.75. The second-order valence-corrected chi connectivity index (χ2v) is 4.89. The number of hydrogen-bond donors (Lipinski definition) is 2. The molecule has 6 nitrogen and oxygen atoms in total. The molecule has 0 saturated carbocycles. The van der Waals surface area contributed by atoms with Gasteiger partial charge in [0.2, 0.25) is 0 Å². The van der Waals surface area contributed by atoms with Crippen LogP contribution in [0.4, 0.5) is 13.6 Å². The average Bonchev–Trinajstić information content (AvgIpc) is 2.50. The molecule has 0 saturated heterocycles. The standard InChI is InChI=1S/C15H20F2N2O4/c1-3-11(18-15(22)19(2)9-8-13(20)21)10-6-4-5-7-12(10)23-14(16)17/h4-7,11,14H,3,8-9H2,1-2H3,(H,18,22)(H,20,21). The number of rotatable bonds is 8. The fourth-order valence-corrected chi connectivity index (χ4v) is 2.00. The van der Waals surface area contributed by atoms with Crippen molar-refractivity contribution in [3.8, 4) is 5.75 Å². The second-order valence-electron chi connectivity index (χ2n) is 4.89. The van der Waals surface area contributed by atoms with Crippen molar-refractivity contribution in [2.24, 2.45) is 0 Å². The number of carboxylic acids is 1. The third-order valence-corrected chi connectivity index (χ3v) is 3.22. The zero-order valence-electron chi connectivity index (χ0n) is 13.0. The molecule has 128 valence electrons. The maximum atomic E-state index is 12.5. The Labute approximate surface area is 133 Å². The Hall–Kier alpha value is -2.38. The van der Waals surface area contributed by atoms with Gasteiger partial charge in [0.25, 0.3) is 0 Å². The molecule has 1 aromatic rings. The molecule has 0 spiro atoms. The van der Waals surface area contributed by atoms with Gasteiger partial charge in [-0.25, -0.2) is 4.79 Å². The molecule has 2 amide bonds. The number of nitrogens with zero attached hydrogens (tertiary/aromatic N) is 1. The summed E-state index contributed by atoms with van der Waals surface area (Å²) in [7, 11) is 1.46. The number of hydrogen-bond acceptors (Lipinski definition) is 3. The lowest BCUT2D eigenvalue weighted by molar-refractivity contribution is -0.137. The summed E-state index contributed by atoms with van der Waals surface area (Å²) in [5.41, 5.74) is 0.440. The second kappa shape index (κ2) is 8.92. The van der Waals surface area contributed by atoms with Gasteiger partial charge in [-0.15, -0.1) is 0 Å². The van der Waals surface area contributed by atoms with E-state index in [0.29, 0.717) is 12.0 Å². The summed E-state index contributed by atoms with van der Waals surface area (Å²) in [6.45, 7) is -1.11. The molecular formula is C15H20F2N2O4. The first-order valence-electron chi connectivity index (χ1n) is 7.12. The van der Waals surface area contributed by atoms with Crippen LogP contribution in [0.5, 0.6) is 5.75 Å². The number of alkyl halides is 2. The number of aliphatic carboxylic acids is 1. The fourth-order valence-electron chi connectivity index (χ4n) is 2.00. The molecule has 1 rings (SSSR count). The van der Waals surface area contributed by atoms with Gasteiger partial charge in [0.05, 0.1) is 12.5 Å². The number of carbonyl (C=O) groups is 2. The van der Waals surface area contributed by atoms with Gasteiger partial charge in [0.1, 0.15) is 5.75 Å². The van der Waals surface area contributed by atoms with Crippen molar-refractivity contribution < 1.29 is 28.2 Å². The number of benzene rings is 1. The van der Waals surface area contributed by atoms with Gasteiger partial charge in [-0.2, -0.15) is 8.78 Å². The molecule has 2 N–H and O–H groups in total. The molecule has 0 radical (unpaired) electrons. The van der Waals surface area contributed by atoms with Crippen LogP contribution in [-0.2, 0) is 4.79 Å². The Bertz CT molecular complexity index is 540. The number of carboxylic acid groups (broad SMARTS) is 1. The molecule has 0 aliphatic carbocycles. The zero-order chi connectivity index (χ0) is 17.4. The summed E-state index contributed by atoms with van der Waals surface area (Å²) in [5.74, 6) is -1.00. The van der Waals surface area contributed by atoms with Gasteiger partial charge < -0.3 is 20.1 Å². The van der Waals surface area contributed by atoms with Crippen LogP contribution in [0.3, 0.4) is 0 Å². The van der Waals surface area contributed by atoms with Crippen LogP contribution < -0.4 is 10.1 Å². The summed E-state index contributed by atoms with van der Waals surface area (Å²) in [4.78, 5) is 23.8. The highest BCUT2D eigenvalue weighted by atomic mass is 19.3.